The van der Waals surface area contributed by atoms with Crippen molar-refractivity contribution in [1.29, 1.82) is 0 Å². The molecule has 2 aliphatic rings. The molecular weight excluding hydrogens is 286 g/mol. The highest BCUT2D eigenvalue weighted by molar-refractivity contribution is 7.18. The molecule has 3 atom stereocenters. The van der Waals surface area contributed by atoms with E-state index in [4.69, 9.17) is 4.98 Å². The fraction of sp³-hybridized carbons (Fsp3) is 0.467. The molecule has 21 heavy (non-hydrogen) atoms. The minimum absolute atomic E-state index is 0.153. The highest BCUT2D eigenvalue weighted by atomic mass is 32.1. The Labute approximate surface area is 126 Å². The van der Waals surface area contributed by atoms with E-state index < -0.39 is 5.97 Å². The zero-order valence-electron chi connectivity index (χ0n) is 11.5. The lowest BCUT2D eigenvalue weighted by Crippen LogP contribution is -2.53. The van der Waals surface area contributed by atoms with Gasteiger partial charge in [-0.15, -0.1) is 11.3 Å². The lowest BCUT2D eigenvalue weighted by Gasteiger charge is -2.38. The van der Waals surface area contributed by atoms with Crippen LogP contribution in [0.4, 0.5) is 0 Å². The van der Waals surface area contributed by atoms with Crippen LogP contribution >= 0.6 is 11.3 Å². The zero-order valence-corrected chi connectivity index (χ0v) is 12.3. The van der Waals surface area contributed by atoms with Crippen molar-refractivity contribution in [1.82, 2.24) is 15.2 Å². The number of aromatic nitrogens is 1. The lowest BCUT2D eigenvalue weighted by molar-refractivity contribution is -0.143. The van der Waals surface area contributed by atoms with Gasteiger partial charge in [0.25, 0.3) is 0 Å². The molecule has 1 aromatic heterocycles. The van der Waals surface area contributed by atoms with Crippen LogP contribution < -0.4 is 5.32 Å². The number of carbonyl (C=O) groups is 1. The molecular formula is C15H17N3O2S. The second-order valence-electron chi connectivity index (χ2n) is 5.69. The third kappa shape index (κ3) is 2.14. The average molecular weight is 303 g/mol. The first kappa shape index (κ1) is 13.2. The van der Waals surface area contributed by atoms with Crippen LogP contribution in [0.3, 0.4) is 0 Å². The van der Waals surface area contributed by atoms with Crippen molar-refractivity contribution < 1.29 is 9.90 Å². The number of rotatable bonds is 2. The van der Waals surface area contributed by atoms with E-state index in [0.717, 1.165) is 36.5 Å². The summed E-state index contributed by atoms with van der Waals surface area (Å²) in [4.78, 5) is 18.3. The molecule has 2 saturated heterocycles. The maximum absolute atomic E-state index is 11.4. The van der Waals surface area contributed by atoms with Crippen LogP contribution in [0.2, 0.25) is 0 Å². The largest absolute Gasteiger partial charge is 0.480 e. The van der Waals surface area contributed by atoms with E-state index in [0.29, 0.717) is 0 Å². The highest BCUT2D eigenvalue weighted by Crippen LogP contribution is 2.37. The Morgan fingerprint density at radius 2 is 2.24 bits per heavy atom. The molecule has 4 rings (SSSR count). The normalized spacial score (nSPS) is 29.6. The van der Waals surface area contributed by atoms with Crippen molar-refractivity contribution in [3.8, 4) is 0 Å². The van der Waals surface area contributed by atoms with Gasteiger partial charge in [-0.1, -0.05) is 12.1 Å². The van der Waals surface area contributed by atoms with Gasteiger partial charge in [0, 0.05) is 19.1 Å². The Bertz CT molecular complexity index is 653. The van der Waals surface area contributed by atoms with Crippen molar-refractivity contribution in [3.05, 3.63) is 29.3 Å². The first-order chi connectivity index (χ1) is 10.2. The minimum Gasteiger partial charge on any atom is -0.480 e. The van der Waals surface area contributed by atoms with E-state index in [1.54, 1.807) is 11.3 Å². The number of fused-ring (bicyclic) bond motifs is 2. The van der Waals surface area contributed by atoms with E-state index in [1.807, 2.05) is 18.2 Å². The Hall–Kier alpha value is -1.50. The first-order valence-electron chi connectivity index (χ1n) is 7.31. The molecule has 0 saturated carbocycles. The fourth-order valence-corrected chi connectivity index (χ4v) is 4.70. The zero-order chi connectivity index (χ0) is 14.4. The number of para-hydroxylation sites is 1. The summed E-state index contributed by atoms with van der Waals surface area (Å²) >= 11 is 1.71. The highest BCUT2D eigenvalue weighted by Gasteiger charge is 2.44. The summed E-state index contributed by atoms with van der Waals surface area (Å²) in [5, 5.41) is 14.0. The Kier molecular flexibility index (Phi) is 3.17. The molecule has 0 spiro atoms. The van der Waals surface area contributed by atoms with Gasteiger partial charge in [-0.2, -0.15) is 0 Å². The van der Waals surface area contributed by atoms with Gasteiger partial charge in [-0.25, -0.2) is 4.98 Å². The van der Waals surface area contributed by atoms with Crippen molar-refractivity contribution >= 4 is 27.5 Å². The smallest absolute Gasteiger partial charge is 0.320 e. The van der Waals surface area contributed by atoms with Crippen LogP contribution in [0.25, 0.3) is 10.2 Å². The Balaban J connectivity index is 1.67. The standard InChI is InChI=1S/C15H17N3O2S/c19-15(20)11-6-5-10-13(16-7-8-18(10)11)14-17-9-3-1-2-4-12(9)21-14/h1-4,10-11,13,16H,5-8H2,(H,19,20). The number of carboxylic acid groups (broad SMARTS) is 1. The SMILES string of the molecule is O=C(O)C1CCC2C(c3nc4ccccc4s3)NCCN12. The third-order valence-corrected chi connectivity index (χ3v) is 5.66. The van der Waals surface area contributed by atoms with E-state index in [-0.39, 0.29) is 18.1 Å². The van der Waals surface area contributed by atoms with Crippen molar-refractivity contribution in [3.63, 3.8) is 0 Å². The average Bonchev–Trinajstić information content (AvgIpc) is 3.10. The molecule has 0 radical (unpaired) electrons. The maximum Gasteiger partial charge on any atom is 0.320 e. The van der Waals surface area contributed by atoms with E-state index in [9.17, 15) is 9.90 Å². The van der Waals surface area contributed by atoms with Crippen molar-refractivity contribution in [2.45, 2.75) is 31.0 Å². The topological polar surface area (TPSA) is 65.5 Å². The quantitative estimate of drug-likeness (QED) is 0.886. The van der Waals surface area contributed by atoms with Crippen LogP contribution in [0.15, 0.2) is 24.3 Å². The molecule has 0 bridgehead atoms. The van der Waals surface area contributed by atoms with Crippen molar-refractivity contribution in [2.24, 2.45) is 0 Å². The second-order valence-corrected chi connectivity index (χ2v) is 6.75. The van der Waals surface area contributed by atoms with Gasteiger partial charge < -0.3 is 10.4 Å². The predicted octanol–water partition coefficient (Wildman–Crippen LogP) is 1.86. The molecule has 0 amide bonds. The lowest BCUT2D eigenvalue weighted by atomic mass is 10.0. The molecule has 110 valence electrons. The molecule has 3 unspecified atom stereocenters. The van der Waals surface area contributed by atoms with Gasteiger partial charge in [0.05, 0.1) is 16.3 Å². The molecule has 2 N–H and O–H groups in total. The number of benzene rings is 1. The molecule has 2 fully saturated rings. The van der Waals surface area contributed by atoms with E-state index in [2.05, 4.69) is 16.3 Å². The summed E-state index contributed by atoms with van der Waals surface area (Å²) in [5.41, 5.74) is 1.03. The van der Waals surface area contributed by atoms with Gasteiger partial charge >= 0.3 is 5.97 Å². The van der Waals surface area contributed by atoms with Gasteiger partial charge in [0.15, 0.2) is 0 Å². The Morgan fingerprint density at radius 3 is 3.05 bits per heavy atom. The van der Waals surface area contributed by atoms with Crippen molar-refractivity contribution in [2.75, 3.05) is 13.1 Å². The van der Waals surface area contributed by atoms with Crippen LogP contribution in [-0.2, 0) is 4.79 Å². The van der Waals surface area contributed by atoms with E-state index >= 15 is 0 Å². The number of aliphatic carboxylic acids is 1. The molecule has 5 nitrogen and oxygen atoms in total. The van der Waals surface area contributed by atoms with Crippen LogP contribution in [-0.4, -0.2) is 46.1 Å². The fourth-order valence-electron chi connectivity index (χ4n) is 3.60. The molecule has 2 aromatic rings. The monoisotopic (exact) mass is 303 g/mol. The second kappa shape index (κ2) is 5.05. The summed E-state index contributed by atoms with van der Waals surface area (Å²) in [6, 6.07) is 8.23. The molecule has 0 aliphatic carbocycles. The van der Waals surface area contributed by atoms with Gasteiger partial charge in [0.1, 0.15) is 11.0 Å². The third-order valence-electron chi connectivity index (χ3n) is 4.54. The molecule has 3 heterocycles. The Morgan fingerprint density at radius 1 is 1.38 bits per heavy atom. The number of piperazine rings is 1. The van der Waals surface area contributed by atoms with Crippen LogP contribution in [0.5, 0.6) is 0 Å². The summed E-state index contributed by atoms with van der Waals surface area (Å²) in [5.74, 6) is -0.692. The van der Waals surface area contributed by atoms with Gasteiger partial charge in [-0.05, 0) is 25.0 Å². The summed E-state index contributed by atoms with van der Waals surface area (Å²) in [6.07, 6.45) is 1.66. The first-order valence-corrected chi connectivity index (χ1v) is 8.13. The summed E-state index contributed by atoms with van der Waals surface area (Å²) in [6.45, 7) is 1.63. The number of nitrogens with one attached hydrogen (secondary N) is 1. The number of hydrogen-bond acceptors (Lipinski definition) is 5. The molecule has 2 aliphatic heterocycles. The van der Waals surface area contributed by atoms with Gasteiger partial charge in [0.2, 0.25) is 0 Å². The number of nitrogens with zero attached hydrogens (tertiary/aromatic N) is 2. The molecule has 1 aromatic carbocycles. The van der Waals surface area contributed by atoms with Crippen LogP contribution in [0, 0.1) is 0 Å². The summed E-state index contributed by atoms with van der Waals surface area (Å²) in [7, 11) is 0. The maximum atomic E-state index is 11.4. The van der Waals surface area contributed by atoms with Crippen LogP contribution in [0.1, 0.15) is 23.9 Å². The predicted molar refractivity (Wildman–Crippen MR) is 81.5 cm³/mol. The number of thiazole rings is 1. The van der Waals surface area contributed by atoms with E-state index in [1.165, 1.54) is 4.70 Å². The summed E-state index contributed by atoms with van der Waals surface area (Å²) < 4.78 is 1.19. The van der Waals surface area contributed by atoms with Gasteiger partial charge in [-0.3, -0.25) is 9.69 Å². The molecule has 6 heteroatoms. The minimum atomic E-state index is -0.692. The number of carboxylic acids is 1. The number of hydrogen-bond donors (Lipinski definition) is 2.